The Bertz CT molecular complexity index is 1170. The van der Waals surface area contributed by atoms with Crippen LogP contribution in [-0.4, -0.2) is 25.4 Å². The third kappa shape index (κ3) is 3.49. The number of amides is 1. The molecule has 1 N–H and O–H groups in total. The molecule has 1 aliphatic rings. The molecule has 4 rings (SSSR count). The summed E-state index contributed by atoms with van der Waals surface area (Å²) in [5.41, 5.74) is -1.28. The maximum absolute atomic E-state index is 13.4. The molecular formula is C20H21F3N4O2. The first-order chi connectivity index (χ1) is 13.5. The van der Waals surface area contributed by atoms with Crippen LogP contribution in [0.1, 0.15) is 45.2 Å². The number of aromatic nitrogens is 3. The summed E-state index contributed by atoms with van der Waals surface area (Å²) >= 11 is 0. The summed E-state index contributed by atoms with van der Waals surface area (Å²) < 4.78 is 42.8. The normalized spacial score (nSPS) is 16.3. The average Bonchev–Trinajstić information content (AvgIpc) is 3.29. The number of halogens is 3. The molecule has 1 atom stereocenters. The summed E-state index contributed by atoms with van der Waals surface area (Å²) in [5.74, 6) is -0.470. The van der Waals surface area contributed by atoms with E-state index in [9.17, 15) is 22.8 Å². The Labute approximate surface area is 164 Å². The molecule has 0 spiro atoms. The molecule has 2 heterocycles. The summed E-state index contributed by atoms with van der Waals surface area (Å²) in [7, 11) is 0. The molecule has 1 saturated carbocycles. The number of nitrogens with zero attached hydrogens (tertiary/aromatic N) is 3. The van der Waals surface area contributed by atoms with Crippen molar-refractivity contribution < 1.29 is 18.0 Å². The molecular weight excluding hydrogens is 385 g/mol. The lowest BCUT2D eigenvalue weighted by molar-refractivity contribution is -0.137. The molecule has 1 amide bonds. The summed E-state index contributed by atoms with van der Waals surface area (Å²) in [4.78, 5) is 30.3. The Balaban J connectivity index is 2.03. The van der Waals surface area contributed by atoms with Gasteiger partial charge in [-0.05, 0) is 57.7 Å². The number of hydrogen-bond acceptors (Lipinski definition) is 3. The lowest BCUT2D eigenvalue weighted by Crippen LogP contribution is -2.47. The average molecular weight is 406 g/mol. The van der Waals surface area contributed by atoms with Crippen molar-refractivity contribution in [3.05, 3.63) is 46.6 Å². The van der Waals surface area contributed by atoms with Gasteiger partial charge in [0.25, 0.3) is 5.56 Å². The van der Waals surface area contributed by atoms with Gasteiger partial charge in [-0.3, -0.25) is 18.6 Å². The quantitative estimate of drug-likeness (QED) is 0.724. The van der Waals surface area contributed by atoms with Crippen molar-refractivity contribution in [3.8, 4) is 0 Å². The number of rotatable bonds is 3. The Morgan fingerprint density at radius 3 is 2.45 bits per heavy atom. The van der Waals surface area contributed by atoms with E-state index in [1.165, 1.54) is 27.6 Å². The van der Waals surface area contributed by atoms with Crippen LogP contribution in [0.3, 0.4) is 0 Å². The van der Waals surface area contributed by atoms with Crippen LogP contribution in [-0.2, 0) is 11.0 Å². The Morgan fingerprint density at radius 1 is 1.17 bits per heavy atom. The van der Waals surface area contributed by atoms with Crippen molar-refractivity contribution in [3.63, 3.8) is 0 Å². The summed E-state index contributed by atoms with van der Waals surface area (Å²) in [6, 6.07) is 2.34. The zero-order chi connectivity index (χ0) is 21.1. The Kier molecular flexibility index (Phi) is 4.25. The highest BCUT2D eigenvalue weighted by atomic mass is 19.4. The summed E-state index contributed by atoms with van der Waals surface area (Å²) in [5, 5.41) is 2.87. The molecule has 1 fully saturated rings. The zero-order valence-electron chi connectivity index (χ0n) is 16.2. The summed E-state index contributed by atoms with van der Waals surface area (Å²) in [6.07, 6.45) is -0.347. The second kappa shape index (κ2) is 6.33. The first kappa shape index (κ1) is 19.5. The Morgan fingerprint density at radius 2 is 1.86 bits per heavy atom. The lowest BCUT2D eigenvalue weighted by atomic mass is 10.1. The topological polar surface area (TPSA) is 68.4 Å². The van der Waals surface area contributed by atoms with Gasteiger partial charge in [0.05, 0.1) is 29.1 Å². The van der Waals surface area contributed by atoms with E-state index in [4.69, 9.17) is 0 Å². The van der Waals surface area contributed by atoms with Crippen LogP contribution in [0.25, 0.3) is 16.6 Å². The molecule has 29 heavy (non-hydrogen) atoms. The van der Waals surface area contributed by atoms with Crippen molar-refractivity contribution in [2.24, 2.45) is 5.92 Å². The predicted molar refractivity (Wildman–Crippen MR) is 102 cm³/mol. The van der Waals surface area contributed by atoms with Crippen LogP contribution in [0.5, 0.6) is 0 Å². The van der Waals surface area contributed by atoms with Crippen molar-refractivity contribution in [1.82, 2.24) is 19.3 Å². The first-order valence-corrected chi connectivity index (χ1v) is 9.37. The monoisotopic (exact) mass is 406 g/mol. The van der Waals surface area contributed by atoms with Crippen molar-refractivity contribution in [2.45, 2.75) is 51.4 Å². The number of nitrogens with one attached hydrogen (secondary N) is 1. The maximum atomic E-state index is 13.4. The largest absolute Gasteiger partial charge is 0.416 e. The van der Waals surface area contributed by atoms with Crippen LogP contribution in [0.2, 0.25) is 0 Å². The third-order valence-electron chi connectivity index (χ3n) is 5.01. The van der Waals surface area contributed by atoms with Crippen LogP contribution in [0.15, 0.2) is 35.5 Å². The molecule has 1 unspecified atom stereocenters. The Hall–Kier alpha value is -2.84. The van der Waals surface area contributed by atoms with Crippen molar-refractivity contribution in [1.29, 1.82) is 0 Å². The second-order valence-electron chi connectivity index (χ2n) is 8.55. The minimum atomic E-state index is -4.57. The molecule has 0 radical (unpaired) electrons. The molecule has 1 aliphatic carbocycles. The van der Waals surface area contributed by atoms with E-state index in [0.717, 1.165) is 25.0 Å². The van der Waals surface area contributed by atoms with Gasteiger partial charge in [0, 0.05) is 5.54 Å². The first-order valence-electron chi connectivity index (χ1n) is 9.37. The highest BCUT2D eigenvalue weighted by Crippen LogP contribution is 2.41. The maximum Gasteiger partial charge on any atom is 0.416 e. The van der Waals surface area contributed by atoms with Crippen LogP contribution in [0.4, 0.5) is 13.2 Å². The van der Waals surface area contributed by atoms with Gasteiger partial charge in [-0.25, -0.2) is 4.98 Å². The standard InChI is InChI=1S/C20H21F3N4O2/c1-19(2,3)25-17(28)16(11-4-5-11)27-14-8-12(20(21,22)23)6-7-13(14)26-10-24-9-15(26)18(27)29/h6-11,16H,4-5H2,1-3H3,(H,25,28). The van der Waals surface area contributed by atoms with Gasteiger partial charge in [-0.1, -0.05) is 0 Å². The number of carbonyl (C=O) groups excluding carboxylic acids is 1. The highest BCUT2D eigenvalue weighted by Gasteiger charge is 2.40. The molecule has 3 aromatic rings. The SMILES string of the molecule is CC(C)(C)NC(=O)C(C1CC1)n1c(=O)c2cncn2c2ccc(C(F)(F)F)cc21. The minimum absolute atomic E-state index is 0.0660. The zero-order valence-corrected chi connectivity index (χ0v) is 16.2. The fourth-order valence-electron chi connectivity index (χ4n) is 3.65. The molecule has 0 saturated heterocycles. The van der Waals surface area contributed by atoms with Gasteiger partial charge >= 0.3 is 6.18 Å². The van der Waals surface area contributed by atoms with Gasteiger partial charge in [0.1, 0.15) is 11.6 Å². The second-order valence-corrected chi connectivity index (χ2v) is 8.55. The number of imidazole rings is 1. The fourth-order valence-corrected chi connectivity index (χ4v) is 3.65. The number of benzene rings is 1. The fraction of sp³-hybridized carbons (Fsp3) is 0.450. The highest BCUT2D eigenvalue weighted by molar-refractivity contribution is 5.86. The van der Waals surface area contributed by atoms with Gasteiger partial charge < -0.3 is 5.32 Å². The van der Waals surface area contributed by atoms with E-state index >= 15 is 0 Å². The van der Waals surface area contributed by atoms with E-state index in [2.05, 4.69) is 10.3 Å². The van der Waals surface area contributed by atoms with E-state index in [1.807, 2.05) is 20.8 Å². The molecule has 154 valence electrons. The minimum Gasteiger partial charge on any atom is -0.350 e. The van der Waals surface area contributed by atoms with E-state index < -0.39 is 28.9 Å². The van der Waals surface area contributed by atoms with Gasteiger partial charge in [0.15, 0.2) is 0 Å². The molecule has 9 heteroatoms. The molecule has 0 bridgehead atoms. The van der Waals surface area contributed by atoms with E-state index in [1.54, 1.807) is 0 Å². The molecule has 2 aromatic heterocycles. The van der Waals surface area contributed by atoms with Crippen molar-refractivity contribution >= 4 is 22.5 Å². The van der Waals surface area contributed by atoms with Crippen molar-refractivity contribution in [2.75, 3.05) is 0 Å². The van der Waals surface area contributed by atoms with Crippen LogP contribution in [0, 0.1) is 5.92 Å². The number of hydrogen-bond donors (Lipinski definition) is 1. The predicted octanol–water partition coefficient (Wildman–Crippen LogP) is 3.53. The number of fused-ring (bicyclic) bond motifs is 3. The molecule has 0 aliphatic heterocycles. The lowest BCUT2D eigenvalue weighted by Gasteiger charge is -2.27. The number of alkyl halides is 3. The molecule has 1 aromatic carbocycles. The van der Waals surface area contributed by atoms with E-state index in [-0.39, 0.29) is 22.9 Å². The smallest absolute Gasteiger partial charge is 0.350 e. The van der Waals surface area contributed by atoms with E-state index in [0.29, 0.717) is 5.52 Å². The van der Waals surface area contributed by atoms with Crippen LogP contribution < -0.4 is 10.9 Å². The van der Waals surface area contributed by atoms with Crippen LogP contribution >= 0.6 is 0 Å². The summed E-state index contributed by atoms with van der Waals surface area (Å²) in [6.45, 7) is 5.45. The van der Waals surface area contributed by atoms with Gasteiger partial charge in [0.2, 0.25) is 5.91 Å². The van der Waals surface area contributed by atoms with Gasteiger partial charge in [-0.2, -0.15) is 13.2 Å². The third-order valence-corrected chi connectivity index (χ3v) is 5.01. The molecule has 6 nitrogen and oxygen atoms in total. The van der Waals surface area contributed by atoms with Gasteiger partial charge in [-0.15, -0.1) is 0 Å². The number of carbonyl (C=O) groups is 1.